The summed E-state index contributed by atoms with van der Waals surface area (Å²) in [5, 5.41) is 14.2. The van der Waals surface area contributed by atoms with Gasteiger partial charge in [-0.25, -0.2) is 18.0 Å². The highest BCUT2D eigenvalue weighted by Crippen LogP contribution is 2.25. The Labute approximate surface area is 216 Å². The van der Waals surface area contributed by atoms with Crippen molar-refractivity contribution in [3.8, 4) is 0 Å². The Balaban J connectivity index is 1.53. The second-order valence-electron chi connectivity index (χ2n) is 9.31. The molecule has 2 atom stereocenters. The molecule has 1 unspecified atom stereocenters. The van der Waals surface area contributed by atoms with Gasteiger partial charge >= 0.3 is 5.97 Å². The average molecular weight is 539 g/mol. The minimum atomic E-state index is -1.30. The molecule has 1 saturated heterocycles. The van der Waals surface area contributed by atoms with Crippen molar-refractivity contribution < 1.29 is 32.7 Å². The number of nitrogens with zero attached hydrogens (tertiary/aromatic N) is 1. The summed E-state index contributed by atoms with van der Waals surface area (Å²) >= 11 is 1.31. The SMILES string of the molecule is CC(C)(Nc1ccc(CNC(=O)C2SCCN2C(=O)C[C@H](N)Cc2cc(F)c(F)cc2F)cc1)C(=O)O. The molecular formula is C25H29F3N4O4S. The zero-order valence-corrected chi connectivity index (χ0v) is 21.2. The van der Waals surface area contributed by atoms with Gasteiger partial charge in [0.25, 0.3) is 5.91 Å². The van der Waals surface area contributed by atoms with E-state index >= 15 is 0 Å². The minimum Gasteiger partial charge on any atom is -0.480 e. The molecule has 8 nitrogen and oxygen atoms in total. The van der Waals surface area contributed by atoms with Gasteiger partial charge in [0.05, 0.1) is 0 Å². The smallest absolute Gasteiger partial charge is 0.328 e. The number of carboxylic acid groups (broad SMARTS) is 1. The summed E-state index contributed by atoms with van der Waals surface area (Å²) < 4.78 is 40.5. The number of thioether (sulfide) groups is 1. The molecule has 5 N–H and O–H groups in total. The van der Waals surface area contributed by atoms with Crippen LogP contribution < -0.4 is 16.4 Å². The Morgan fingerprint density at radius 2 is 1.78 bits per heavy atom. The fourth-order valence-electron chi connectivity index (χ4n) is 3.76. The van der Waals surface area contributed by atoms with Crippen molar-refractivity contribution in [2.24, 2.45) is 5.73 Å². The van der Waals surface area contributed by atoms with Crippen molar-refractivity contribution in [3.63, 3.8) is 0 Å². The third kappa shape index (κ3) is 7.39. The van der Waals surface area contributed by atoms with Crippen molar-refractivity contribution in [2.45, 2.75) is 50.2 Å². The first kappa shape index (κ1) is 28.3. The minimum absolute atomic E-state index is 0.128. The van der Waals surface area contributed by atoms with Gasteiger partial charge in [0.15, 0.2) is 17.0 Å². The first-order valence-electron chi connectivity index (χ1n) is 11.6. The number of nitrogens with two attached hydrogens (primary N) is 1. The molecule has 2 amide bonds. The van der Waals surface area contributed by atoms with E-state index in [2.05, 4.69) is 10.6 Å². The molecule has 200 valence electrons. The molecular weight excluding hydrogens is 509 g/mol. The lowest BCUT2D eigenvalue weighted by atomic mass is 10.0. The van der Waals surface area contributed by atoms with Crippen LogP contribution in [-0.4, -0.2) is 57.0 Å². The predicted octanol–water partition coefficient (Wildman–Crippen LogP) is 2.86. The summed E-state index contributed by atoms with van der Waals surface area (Å²) in [5.41, 5.74) is 6.11. The molecule has 0 saturated carbocycles. The van der Waals surface area contributed by atoms with Crippen LogP contribution in [0.4, 0.5) is 18.9 Å². The van der Waals surface area contributed by atoms with Gasteiger partial charge in [-0.3, -0.25) is 9.59 Å². The summed E-state index contributed by atoms with van der Waals surface area (Å²) in [6.45, 7) is 3.64. The third-order valence-electron chi connectivity index (χ3n) is 5.86. The zero-order valence-electron chi connectivity index (χ0n) is 20.4. The largest absolute Gasteiger partial charge is 0.480 e. The number of anilines is 1. The van der Waals surface area contributed by atoms with E-state index < -0.39 is 46.3 Å². The molecule has 1 fully saturated rings. The van der Waals surface area contributed by atoms with Crippen LogP contribution >= 0.6 is 11.8 Å². The van der Waals surface area contributed by atoms with Crippen LogP contribution in [0, 0.1) is 17.5 Å². The first-order chi connectivity index (χ1) is 17.4. The van der Waals surface area contributed by atoms with E-state index in [4.69, 9.17) is 5.73 Å². The Morgan fingerprint density at radius 1 is 1.14 bits per heavy atom. The van der Waals surface area contributed by atoms with Gasteiger partial charge in [0.1, 0.15) is 11.4 Å². The molecule has 3 rings (SSSR count). The number of benzene rings is 2. The lowest BCUT2D eigenvalue weighted by Gasteiger charge is -2.25. The summed E-state index contributed by atoms with van der Waals surface area (Å²) in [5.74, 6) is -4.63. The van der Waals surface area contributed by atoms with E-state index in [1.807, 2.05) is 0 Å². The van der Waals surface area contributed by atoms with Gasteiger partial charge in [-0.2, -0.15) is 0 Å². The van der Waals surface area contributed by atoms with E-state index in [1.165, 1.54) is 16.7 Å². The highest BCUT2D eigenvalue weighted by molar-refractivity contribution is 8.00. The number of hydrogen-bond donors (Lipinski definition) is 4. The van der Waals surface area contributed by atoms with Crippen LogP contribution in [0.15, 0.2) is 36.4 Å². The molecule has 1 aliphatic heterocycles. The molecule has 2 aromatic carbocycles. The topological polar surface area (TPSA) is 125 Å². The molecule has 37 heavy (non-hydrogen) atoms. The van der Waals surface area contributed by atoms with Crippen LogP contribution in [0.1, 0.15) is 31.4 Å². The van der Waals surface area contributed by atoms with Crippen LogP contribution in [0.3, 0.4) is 0 Å². The molecule has 1 heterocycles. The van der Waals surface area contributed by atoms with Crippen molar-refractivity contribution in [1.82, 2.24) is 10.2 Å². The number of rotatable bonds is 10. The Kier molecular flexibility index (Phi) is 9.08. The number of amides is 2. The Morgan fingerprint density at radius 3 is 2.43 bits per heavy atom. The Hall–Kier alpha value is -3.25. The van der Waals surface area contributed by atoms with Gasteiger partial charge in [0, 0.05) is 43.1 Å². The van der Waals surface area contributed by atoms with Gasteiger partial charge in [-0.05, 0) is 49.6 Å². The summed E-state index contributed by atoms with van der Waals surface area (Å²) in [6, 6.07) is 7.25. The van der Waals surface area contributed by atoms with Crippen LogP contribution in [-0.2, 0) is 27.3 Å². The maximum absolute atomic E-state index is 13.9. The van der Waals surface area contributed by atoms with Crippen molar-refractivity contribution in [2.75, 3.05) is 17.6 Å². The van der Waals surface area contributed by atoms with Crippen LogP contribution in [0.5, 0.6) is 0 Å². The first-order valence-corrected chi connectivity index (χ1v) is 12.6. The number of carbonyl (C=O) groups excluding carboxylic acids is 2. The summed E-state index contributed by atoms with van der Waals surface area (Å²) in [4.78, 5) is 38.3. The number of carbonyl (C=O) groups is 3. The van der Waals surface area contributed by atoms with Gasteiger partial charge in [0.2, 0.25) is 5.91 Å². The number of nitrogens with one attached hydrogen (secondary N) is 2. The highest BCUT2D eigenvalue weighted by Gasteiger charge is 2.35. The van der Waals surface area contributed by atoms with Gasteiger partial charge in [-0.15, -0.1) is 11.8 Å². The molecule has 0 spiro atoms. The predicted molar refractivity (Wildman–Crippen MR) is 134 cm³/mol. The zero-order chi connectivity index (χ0) is 27.3. The third-order valence-corrected chi connectivity index (χ3v) is 7.06. The molecule has 0 aliphatic carbocycles. The number of aliphatic carboxylic acids is 1. The number of hydrogen-bond acceptors (Lipinski definition) is 6. The van der Waals surface area contributed by atoms with E-state index in [9.17, 15) is 32.7 Å². The highest BCUT2D eigenvalue weighted by atomic mass is 32.2. The van der Waals surface area contributed by atoms with E-state index in [-0.39, 0.29) is 30.9 Å². The van der Waals surface area contributed by atoms with E-state index in [0.717, 1.165) is 11.6 Å². The lowest BCUT2D eigenvalue weighted by molar-refractivity contribution is -0.141. The standard InChI is InChI=1S/C25H29F3N4O4S/c1-25(2,24(35)36)31-17-5-3-14(4-6-17)13-30-22(34)23-32(7-8-37-23)21(33)11-16(29)9-15-10-19(27)20(28)12-18(15)26/h3-6,10,12,16,23,31H,7-9,11,13,29H2,1-2H3,(H,30,34)(H,35,36)/t16-,23?/m1/s1. The quantitative estimate of drug-likeness (QED) is 0.343. The number of halogens is 3. The van der Waals surface area contributed by atoms with Crippen molar-refractivity contribution >= 4 is 35.2 Å². The summed E-state index contributed by atoms with van der Waals surface area (Å²) in [7, 11) is 0. The normalized spacial score (nSPS) is 16.4. The fraction of sp³-hybridized carbons (Fsp3) is 0.400. The Bertz CT molecular complexity index is 1160. The second-order valence-corrected chi connectivity index (χ2v) is 10.5. The van der Waals surface area contributed by atoms with Crippen molar-refractivity contribution in [3.05, 3.63) is 65.0 Å². The van der Waals surface area contributed by atoms with Crippen LogP contribution in [0.25, 0.3) is 0 Å². The van der Waals surface area contributed by atoms with Crippen molar-refractivity contribution in [1.29, 1.82) is 0 Å². The fourth-order valence-corrected chi connectivity index (χ4v) is 4.92. The van der Waals surface area contributed by atoms with Gasteiger partial charge in [-0.1, -0.05) is 12.1 Å². The van der Waals surface area contributed by atoms with E-state index in [1.54, 1.807) is 38.1 Å². The monoisotopic (exact) mass is 538 g/mol. The molecule has 12 heteroatoms. The van der Waals surface area contributed by atoms with Crippen LogP contribution in [0.2, 0.25) is 0 Å². The molecule has 1 aliphatic rings. The number of carboxylic acids is 1. The average Bonchev–Trinajstić information content (AvgIpc) is 3.32. The maximum atomic E-state index is 13.9. The molecule has 0 bridgehead atoms. The second kappa shape index (κ2) is 11.9. The van der Waals surface area contributed by atoms with E-state index in [0.29, 0.717) is 24.1 Å². The summed E-state index contributed by atoms with van der Waals surface area (Å²) in [6.07, 6.45) is -0.356. The molecule has 0 radical (unpaired) electrons. The van der Waals surface area contributed by atoms with Gasteiger partial charge < -0.3 is 26.4 Å². The molecule has 0 aromatic heterocycles. The maximum Gasteiger partial charge on any atom is 0.328 e. The molecule has 2 aromatic rings. The lowest BCUT2D eigenvalue weighted by Crippen LogP contribution is -2.46.